The number of ether oxygens (including phenoxy) is 3. The van der Waals surface area contributed by atoms with Crippen molar-refractivity contribution in [1.29, 1.82) is 0 Å². The van der Waals surface area contributed by atoms with Crippen LogP contribution >= 0.6 is 0 Å². The average Bonchev–Trinajstić information content (AvgIpc) is 3.30. The minimum Gasteiger partial charge on any atom is -0.496 e. The second kappa shape index (κ2) is 23.8. The maximum absolute atomic E-state index is 14.9. The van der Waals surface area contributed by atoms with Crippen LogP contribution in [0.1, 0.15) is 178 Å². The SMILES string of the molecule is CCCCCCC(CCCCCC)(OC)[C@H](C)N(C)Cc1c(-c2cc(C(C)(C)C)c(OC)c(-c3cc(C(F)(F)F)cc(C(F)(F)F)c3)c2CC)cc(C(C)(C)C)c(OC)c1-c1cc(C(F)(F)F)cc(C(F)(F)F)c1. The van der Waals surface area contributed by atoms with Crippen LogP contribution in [0.15, 0.2) is 48.5 Å². The number of hydrogen-bond donors (Lipinski definition) is 0. The maximum Gasteiger partial charge on any atom is 0.416 e. The first kappa shape index (κ1) is 62.1. The molecule has 0 saturated carbocycles. The molecule has 0 aliphatic heterocycles. The van der Waals surface area contributed by atoms with E-state index in [1.807, 2.05) is 11.8 Å². The molecule has 0 fully saturated rings. The number of likely N-dealkylation sites (N-methyl/N-ethyl adjacent to an activating group) is 1. The monoisotopic (exact) mass is 1060 g/mol. The Hall–Kier alpha value is -4.44. The van der Waals surface area contributed by atoms with Crippen molar-refractivity contribution in [3.8, 4) is 44.9 Å². The van der Waals surface area contributed by atoms with Crippen LogP contribution in [0.4, 0.5) is 52.7 Å². The molecule has 1 atom stereocenters. The Kier molecular flexibility index (Phi) is 20.0. The van der Waals surface area contributed by atoms with Gasteiger partial charge < -0.3 is 14.2 Å². The summed E-state index contributed by atoms with van der Waals surface area (Å²) in [6, 6.07) is 5.67. The smallest absolute Gasteiger partial charge is 0.416 e. The minimum atomic E-state index is -5.24. The Morgan fingerprint density at radius 3 is 1.09 bits per heavy atom. The lowest BCUT2D eigenvalue weighted by molar-refractivity contribution is -0.144. The van der Waals surface area contributed by atoms with Crippen molar-refractivity contribution in [2.75, 3.05) is 28.4 Å². The number of nitrogens with zero attached hydrogens (tertiary/aromatic N) is 1. The molecule has 0 radical (unpaired) electrons. The van der Waals surface area contributed by atoms with E-state index in [0.717, 1.165) is 51.4 Å². The molecular formula is C58H75F12NO3. The van der Waals surface area contributed by atoms with Crippen LogP contribution in [0.25, 0.3) is 33.4 Å². The Balaban J connectivity index is 2.42. The highest BCUT2D eigenvalue weighted by Crippen LogP contribution is 2.53. The van der Waals surface area contributed by atoms with Gasteiger partial charge >= 0.3 is 24.7 Å². The lowest BCUT2D eigenvalue weighted by Crippen LogP contribution is -2.51. The Labute approximate surface area is 430 Å². The second-order valence-electron chi connectivity index (χ2n) is 21.6. The molecule has 0 heterocycles. The molecule has 74 heavy (non-hydrogen) atoms. The van der Waals surface area contributed by atoms with Crippen molar-refractivity contribution in [3.05, 3.63) is 93.0 Å². The number of alkyl halides is 12. The van der Waals surface area contributed by atoms with E-state index in [9.17, 15) is 52.7 Å². The molecule has 4 nitrogen and oxygen atoms in total. The molecule has 414 valence electrons. The molecular weight excluding hydrogens is 987 g/mol. The van der Waals surface area contributed by atoms with Crippen LogP contribution in [0.3, 0.4) is 0 Å². The van der Waals surface area contributed by atoms with Gasteiger partial charge in [0.1, 0.15) is 11.5 Å². The van der Waals surface area contributed by atoms with Crippen LogP contribution in [0.2, 0.25) is 0 Å². The van der Waals surface area contributed by atoms with Gasteiger partial charge in [-0.1, -0.05) is 114 Å². The number of benzene rings is 4. The van der Waals surface area contributed by atoms with Gasteiger partial charge in [-0.3, -0.25) is 4.90 Å². The first-order valence-corrected chi connectivity index (χ1v) is 25.4. The molecule has 0 N–H and O–H groups in total. The zero-order valence-corrected chi connectivity index (χ0v) is 45.4. The lowest BCUT2D eigenvalue weighted by atomic mass is 9.75. The number of rotatable bonds is 21. The first-order valence-electron chi connectivity index (χ1n) is 25.4. The van der Waals surface area contributed by atoms with Gasteiger partial charge in [0.15, 0.2) is 0 Å². The van der Waals surface area contributed by atoms with Gasteiger partial charge in [-0.05, 0) is 126 Å². The predicted molar refractivity (Wildman–Crippen MR) is 271 cm³/mol. The summed E-state index contributed by atoms with van der Waals surface area (Å²) in [5, 5.41) is 0. The number of unbranched alkanes of at least 4 members (excludes halogenated alkanes) is 6. The molecule has 0 spiro atoms. The quantitative estimate of drug-likeness (QED) is 0.0615. The molecule has 4 rings (SSSR count). The van der Waals surface area contributed by atoms with E-state index in [4.69, 9.17) is 14.2 Å². The lowest BCUT2D eigenvalue weighted by Gasteiger charge is -2.43. The summed E-state index contributed by atoms with van der Waals surface area (Å²) in [4.78, 5) is 1.95. The molecule has 0 aromatic heterocycles. The molecule has 16 heteroatoms. The van der Waals surface area contributed by atoms with Crippen LogP contribution in [-0.2, 0) is 53.2 Å². The third kappa shape index (κ3) is 14.3. The van der Waals surface area contributed by atoms with Crippen LogP contribution in [0, 0.1) is 0 Å². The van der Waals surface area contributed by atoms with E-state index in [1.165, 1.54) is 14.2 Å². The number of hydrogen-bond acceptors (Lipinski definition) is 4. The summed E-state index contributed by atoms with van der Waals surface area (Å²) >= 11 is 0. The molecule has 4 aromatic carbocycles. The summed E-state index contributed by atoms with van der Waals surface area (Å²) in [7, 11) is 5.97. The van der Waals surface area contributed by atoms with Gasteiger partial charge in [-0.2, -0.15) is 52.7 Å². The summed E-state index contributed by atoms with van der Waals surface area (Å²) < 4.78 is 196. The predicted octanol–water partition coefficient (Wildman–Crippen LogP) is 19.1. The van der Waals surface area contributed by atoms with Crippen molar-refractivity contribution < 1.29 is 66.9 Å². The number of halogens is 12. The molecule has 0 amide bonds. The molecule has 4 aromatic rings. The molecule has 0 aliphatic rings. The molecule has 0 saturated heterocycles. The van der Waals surface area contributed by atoms with Gasteiger partial charge in [-0.25, -0.2) is 0 Å². The van der Waals surface area contributed by atoms with E-state index in [0.29, 0.717) is 48.2 Å². The zero-order valence-electron chi connectivity index (χ0n) is 45.4. The first-order chi connectivity index (χ1) is 34.1. The third-order valence-electron chi connectivity index (χ3n) is 14.3. The fourth-order valence-electron chi connectivity index (χ4n) is 10.2. The highest BCUT2D eigenvalue weighted by Gasteiger charge is 2.42. The second-order valence-corrected chi connectivity index (χ2v) is 21.6. The normalized spacial score (nSPS) is 13.8. The summed E-state index contributed by atoms with van der Waals surface area (Å²) in [5.74, 6) is -0.0243. The molecule has 0 unspecified atom stereocenters. The largest absolute Gasteiger partial charge is 0.496 e. The van der Waals surface area contributed by atoms with Gasteiger partial charge in [0.25, 0.3) is 0 Å². The third-order valence-corrected chi connectivity index (χ3v) is 14.3. The van der Waals surface area contributed by atoms with Crippen molar-refractivity contribution >= 4 is 0 Å². The van der Waals surface area contributed by atoms with Crippen LogP contribution < -0.4 is 9.47 Å². The van der Waals surface area contributed by atoms with Crippen molar-refractivity contribution in [2.45, 2.75) is 194 Å². The fourth-order valence-corrected chi connectivity index (χ4v) is 10.2. The van der Waals surface area contributed by atoms with Gasteiger partial charge in [-0.15, -0.1) is 0 Å². The van der Waals surface area contributed by atoms with Crippen molar-refractivity contribution in [1.82, 2.24) is 4.90 Å². The Morgan fingerprint density at radius 1 is 0.473 bits per heavy atom. The van der Waals surface area contributed by atoms with E-state index >= 15 is 0 Å². The molecule has 0 bridgehead atoms. The van der Waals surface area contributed by atoms with Gasteiger partial charge in [0.05, 0.1) is 42.1 Å². The average molecular weight is 1060 g/mol. The van der Waals surface area contributed by atoms with E-state index in [-0.39, 0.29) is 70.0 Å². The summed E-state index contributed by atoms with van der Waals surface area (Å²) in [6.45, 7) is 18.4. The van der Waals surface area contributed by atoms with Crippen LogP contribution in [-0.4, -0.2) is 44.9 Å². The molecule has 0 aliphatic carbocycles. The van der Waals surface area contributed by atoms with Crippen LogP contribution in [0.5, 0.6) is 11.5 Å². The van der Waals surface area contributed by atoms with Gasteiger partial charge in [0.2, 0.25) is 0 Å². The topological polar surface area (TPSA) is 30.9 Å². The zero-order chi connectivity index (χ0) is 56.2. The maximum atomic E-state index is 14.9. The van der Waals surface area contributed by atoms with E-state index in [2.05, 4.69) is 13.8 Å². The fraction of sp³-hybridized carbons (Fsp3) is 0.586. The standard InChI is InChI=1S/C58H75F12NO3/c1-15-18-20-22-24-54(74-14,25-23-21-19-16-2)35(4)71(11)34-45-44(33-47(53(8,9)10)51(73-13)49(45)37-28-40(57(65,66)67)31-41(29-37)58(68,69)70)43-32-46(52(5,6)7)50(72-12)48(42(43)17-3)36-26-38(55(59,60)61)30-39(27-36)56(62,63)64/h26-33,35H,15-25,34H2,1-14H3/t35-/m0/s1. The van der Waals surface area contributed by atoms with Crippen molar-refractivity contribution in [3.63, 3.8) is 0 Å². The van der Waals surface area contributed by atoms with E-state index in [1.54, 1.807) is 74.8 Å². The summed E-state index contributed by atoms with van der Waals surface area (Å²) in [5.41, 5.74) is -8.40. The van der Waals surface area contributed by atoms with Gasteiger partial charge in [0, 0.05) is 42.0 Å². The van der Waals surface area contributed by atoms with Crippen molar-refractivity contribution in [2.24, 2.45) is 0 Å². The highest BCUT2D eigenvalue weighted by atomic mass is 19.4. The van der Waals surface area contributed by atoms with E-state index < -0.39 is 80.6 Å². The number of methoxy groups -OCH3 is 3. The highest BCUT2D eigenvalue weighted by molar-refractivity contribution is 5.91. The minimum absolute atomic E-state index is 0.00802. The Morgan fingerprint density at radius 2 is 0.811 bits per heavy atom. The Bertz CT molecular complexity index is 2450. The summed E-state index contributed by atoms with van der Waals surface area (Å²) in [6.07, 6.45) is -12.2.